The zero-order chi connectivity index (χ0) is 22.7. The molecule has 3 aliphatic carbocycles. The minimum Gasteiger partial charge on any atom is -0.481 e. The lowest BCUT2D eigenvalue weighted by molar-refractivity contribution is -0.148. The van der Waals surface area contributed by atoms with Crippen LogP contribution in [-0.4, -0.2) is 42.0 Å². The number of nitrogens with zero attached hydrogens (tertiary/aromatic N) is 4. The summed E-state index contributed by atoms with van der Waals surface area (Å²) in [5.41, 5.74) is 3.36. The maximum Gasteiger partial charge on any atom is 0.308 e. The maximum absolute atomic E-state index is 13.9. The molecule has 0 amide bonds. The van der Waals surface area contributed by atoms with Gasteiger partial charge in [-0.3, -0.25) is 9.78 Å². The van der Waals surface area contributed by atoms with Gasteiger partial charge >= 0.3 is 5.97 Å². The predicted molar refractivity (Wildman–Crippen MR) is 121 cm³/mol. The van der Waals surface area contributed by atoms with Crippen molar-refractivity contribution in [1.29, 1.82) is 0 Å². The van der Waals surface area contributed by atoms with E-state index in [1.807, 2.05) is 13.0 Å². The van der Waals surface area contributed by atoms with Crippen LogP contribution in [0.5, 0.6) is 0 Å². The molecule has 2 atom stereocenters. The lowest BCUT2D eigenvalue weighted by atomic mass is 9.61. The van der Waals surface area contributed by atoms with Crippen LogP contribution in [0.1, 0.15) is 31.2 Å². The Morgan fingerprint density at radius 1 is 1.12 bits per heavy atom. The number of anilines is 1. The highest BCUT2D eigenvalue weighted by atomic mass is 19.1. The fourth-order valence-electron chi connectivity index (χ4n) is 5.67. The van der Waals surface area contributed by atoms with Crippen LogP contribution in [-0.2, 0) is 4.79 Å². The lowest BCUT2D eigenvalue weighted by Crippen LogP contribution is -2.51. The average molecular weight is 446 g/mol. The second-order valence-corrected chi connectivity index (χ2v) is 9.24. The quantitative estimate of drug-likeness (QED) is 0.427. The third-order valence-electron chi connectivity index (χ3n) is 7.22. The Morgan fingerprint density at radius 3 is 2.70 bits per heavy atom. The molecule has 0 radical (unpaired) electrons. The van der Waals surface area contributed by atoms with Gasteiger partial charge in [-0.2, -0.15) is 0 Å². The van der Waals surface area contributed by atoms with Gasteiger partial charge in [-0.05, 0) is 62.1 Å². The molecule has 0 aromatic carbocycles. The van der Waals surface area contributed by atoms with Gasteiger partial charge in [-0.15, -0.1) is 0 Å². The van der Waals surface area contributed by atoms with E-state index < -0.39 is 17.7 Å². The number of aliphatic carboxylic acids is 1. The van der Waals surface area contributed by atoms with Crippen molar-refractivity contribution in [3.8, 4) is 11.4 Å². The van der Waals surface area contributed by atoms with Crippen molar-refractivity contribution in [3.05, 3.63) is 42.1 Å². The predicted octanol–water partition coefficient (Wildman–Crippen LogP) is 4.32. The highest BCUT2D eigenvalue weighted by Gasteiger charge is 2.47. The monoisotopic (exact) mass is 446 g/mol. The number of hydrogen-bond donors (Lipinski definition) is 3. The van der Waals surface area contributed by atoms with Gasteiger partial charge in [0.25, 0.3) is 0 Å². The third-order valence-corrected chi connectivity index (χ3v) is 7.22. The Hall–Kier alpha value is -3.62. The SMILES string of the molecule is Cc1cnc2c(N[C@H]3C4CCC(CC4)[C@@H]3C(=O)O)nc(-c3c[nH]c4ncc(F)cc34)nc2c1. The van der Waals surface area contributed by atoms with E-state index in [0.29, 0.717) is 39.3 Å². The van der Waals surface area contributed by atoms with E-state index in [9.17, 15) is 14.3 Å². The summed E-state index contributed by atoms with van der Waals surface area (Å²) in [4.78, 5) is 33.3. The summed E-state index contributed by atoms with van der Waals surface area (Å²) in [5.74, 6) is -0.286. The molecule has 0 aliphatic heterocycles. The first-order chi connectivity index (χ1) is 16.0. The molecule has 3 aliphatic rings. The van der Waals surface area contributed by atoms with Crippen LogP contribution in [0.15, 0.2) is 30.7 Å². The number of aromatic amines is 1. The maximum atomic E-state index is 13.9. The van der Waals surface area contributed by atoms with Crippen LogP contribution in [0.4, 0.5) is 10.2 Å². The normalized spacial score (nSPS) is 24.4. The lowest BCUT2D eigenvalue weighted by Gasteiger charge is -2.47. The van der Waals surface area contributed by atoms with Crippen LogP contribution in [0.2, 0.25) is 0 Å². The molecule has 7 rings (SSSR count). The smallest absolute Gasteiger partial charge is 0.308 e. The molecule has 4 heterocycles. The van der Waals surface area contributed by atoms with Crippen molar-refractivity contribution in [2.24, 2.45) is 17.8 Å². The molecule has 8 nitrogen and oxygen atoms in total. The second-order valence-electron chi connectivity index (χ2n) is 9.24. The van der Waals surface area contributed by atoms with Gasteiger partial charge in [0.2, 0.25) is 0 Å². The first kappa shape index (κ1) is 20.0. The number of hydrogen-bond acceptors (Lipinski definition) is 6. The third kappa shape index (κ3) is 3.30. The Morgan fingerprint density at radius 2 is 1.91 bits per heavy atom. The number of nitrogens with one attached hydrogen (secondary N) is 2. The second kappa shape index (κ2) is 7.47. The molecule has 4 aromatic rings. The summed E-state index contributed by atoms with van der Waals surface area (Å²) in [5, 5.41) is 14.0. The summed E-state index contributed by atoms with van der Waals surface area (Å²) in [6.07, 6.45) is 8.58. The molecule has 9 heteroatoms. The topological polar surface area (TPSA) is 117 Å². The number of aromatic nitrogens is 5. The summed E-state index contributed by atoms with van der Waals surface area (Å²) >= 11 is 0. The van der Waals surface area contributed by atoms with Crippen molar-refractivity contribution in [1.82, 2.24) is 24.9 Å². The molecule has 0 unspecified atom stereocenters. The zero-order valence-electron chi connectivity index (χ0n) is 18.0. The van der Waals surface area contributed by atoms with Crippen molar-refractivity contribution < 1.29 is 14.3 Å². The molecule has 0 saturated heterocycles. The first-order valence-electron chi connectivity index (χ1n) is 11.2. The number of pyridine rings is 2. The zero-order valence-corrected chi connectivity index (χ0v) is 18.0. The van der Waals surface area contributed by atoms with Crippen molar-refractivity contribution in [2.75, 3.05) is 5.32 Å². The molecule has 3 fully saturated rings. The molecule has 3 N–H and O–H groups in total. The van der Waals surface area contributed by atoms with Gasteiger partial charge in [0.05, 0.1) is 17.6 Å². The minimum atomic E-state index is -0.762. The van der Waals surface area contributed by atoms with Crippen LogP contribution in [0, 0.1) is 30.5 Å². The van der Waals surface area contributed by atoms with Crippen LogP contribution >= 0.6 is 0 Å². The number of fused-ring (bicyclic) bond motifs is 5. The van der Waals surface area contributed by atoms with Crippen LogP contribution in [0.25, 0.3) is 33.5 Å². The standard InChI is InChI=1S/C24H23FN6O2/c1-11-6-17-20(26-8-11)23(30-19-13-4-2-12(3-5-13)18(19)24(32)33)31-22(29-17)16-10-28-21-15(16)7-14(25)9-27-21/h6-10,12-13,18-19H,2-5H2,1H3,(H,27,28)(H,32,33)(H,29,30,31)/t12?,13?,18-,19-/m0/s1. The Bertz CT molecular complexity index is 1390. The van der Waals surface area contributed by atoms with Crippen molar-refractivity contribution in [3.63, 3.8) is 0 Å². The van der Waals surface area contributed by atoms with Gasteiger partial charge < -0.3 is 15.4 Å². The van der Waals surface area contributed by atoms with E-state index >= 15 is 0 Å². The summed E-state index contributed by atoms with van der Waals surface area (Å²) in [6.45, 7) is 1.94. The largest absolute Gasteiger partial charge is 0.481 e. The molecule has 2 bridgehead atoms. The average Bonchev–Trinajstić information content (AvgIpc) is 3.22. The van der Waals surface area contributed by atoms with Gasteiger partial charge in [-0.25, -0.2) is 19.3 Å². The Labute approximate surface area is 188 Å². The minimum absolute atomic E-state index is 0.176. The molecule has 4 aromatic heterocycles. The number of carbonyl (C=O) groups is 1. The van der Waals surface area contributed by atoms with E-state index in [1.54, 1.807) is 12.4 Å². The Balaban J connectivity index is 1.50. The molecule has 168 valence electrons. The fraction of sp³-hybridized carbons (Fsp3) is 0.375. The van der Waals surface area contributed by atoms with Gasteiger partial charge in [0.1, 0.15) is 17.0 Å². The van der Waals surface area contributed by atoms with Crippen LogP contribution < -0.4 is 5.32 Å². The number of halogens is 1. The number of rotatable bonds is 4. The molecule has 3 saturated carbocycles. The highest BCUT2D eigenvalue weighted by Crippen LogP contribution is 2.46. The van der Waals surface area contributed by atoms with E-state index in [0.717, 1.165) is 37.4 Å². The summed E-state index contributed by atoms with van der Waals surface area (Å²) in [7, 11) is 0. The number of carboxylic acids is 1. The van der Waals surface area contributed by atoms with E-state index in [-0.39, 0.29) is 17.9 Å². The first-order valence-corrected chi connectivity index (χ1v) is 11.2. The number of carboxylic acid groups (broad SMARTS) is 1. The summed E-state index contributed by atoms with van der Waals surface area (Å²) in [6, 6.07) is 3.11. The van der Waals surface area contributed by atoms with Gasteiger partial charge in [-0.1, -0.05) is 0 Å². The molecular weight excluding hydrogens is 423 g/mol. The number of H-pyrrole nitrogens is 1. The number of aryl methyl sites for hydroxylation is 1. The molecule has 0 spiro atoms. The molecule has 33 heavy (non-hydrogen) atoms. The highest BCUT2D eigenvalue weighted by molar-refractivity contribution is 5.94. The van der Waals surface area contributed by atoms with E-state index in [1.165, 1.54) is 6.07 Å². The Kier molecular flexibility index (Phi) is 4.53. The van der Waals surface area contributed by atoms with Crippen LogP contribution in [0.3, 0.4) is 0 Å². The van der Waals surface area contributed by atoms with Gasteiger partial charge in [0, 0.05) is 29.4 Å². The fourth-order valence-corrected chi connectivity index (χ4v) is 5.67. The van der Waals surface area contributed by atoms with Crippen molar-refractivity contribution >= 4 is 33.9 Å². The van der Waals surface area contributed by atoms with E-state index in [2.05, 4.69) is 20.3 Å². The van der Waals surface area contributed by atoms with Gasteiger partial charge in [0.15, 0.2) is 11.6 Å². The summed E-state index contributed by atoms with van der Waals surface area (Å²) < 4.78 is 13.9. The van der Waals surface area contributed by atoms with Crippen molar-refractivity contribution in [2.45, 2.75) is 38.6 Å². The van der Waals surface area contributed by atoms with E-state index in [4.69, 9.17) is 9.97 Å². The molecular formula is C24H23FN6O2.